The lowest BCUT2D eigenvalue weighted by atomic mass is 9.88. The summed E-state index contributed by atoms with van der Waals surface area (Å²) in [5, 5.41) is 6.07. The SMILES string of the molecule is O=C(N[C@@H]1CCCCC1NC(=O)C1CCCN(C(=O)c2ccccc2F)C1)c1ccc(F)cc1. The van der Waals surface area contributed by atoms with Gasteiger partial charge in [0.2, 0.25) is 5.91 Å². The maximum atomic E-state index is 14.1. The maximum Gasteiger partial charge on any atom is 0.256 e. The van der Waals surface area contributed by atoms with Crippen LogP contribution in [-0.4, -0.2) is 47.8 Å². The van der Waals surface area contributed by atoms with Crippen LogP contribution in [0.3, 0.4) is 0 Å². The molecule has 6 nitrogen and oxygen atoms in total. The number of piperidine rings is 1. The summed E-state index contributed by atoms with van der Waals surface area (Å²) in [4.78, 5) is 40.0. The van der Waals surface area contributed by atoms with Crippen molar-refractivity contribution >= 4 is 17.7 Å². The van der Waals surface area contributed by atoms with Gasteiger partial charge in [-0.2, -0.15) is 0 Å². The highest BCUT2D eigenvalue weighted by molar-refractivity contribution is 5.95. The molecular weight excluding hydrogens is 440 g/mol. The Balaban J connectivity index is 1.37. The van der Waals surface area contributed by atoms with Crippen LogP contribution in [0.5, 0.6) is 0 Å². The number of hydrogen-bond donors (Lipinski definition) is 2. The Bertz CT molecular complexity index is 1040. The van der Waals surface area contributed by atoms with E-state index in [0.717, 1.165) is 25.7 Å². The van der Waals surface area contributed by atoms with Crippen molar-refractivity contribution in [3.63, 3.8) is 0 Å². The van der Waals surface area contributed by atoms with Gasteiger partial charge in [-0.05, 0) is 62.1 Å². The zero-order valence-corrected chi connectivity index (χ0v) is 18.9. The second-order valence-electron chi connectivity index (χ2n) is 9.06. The van der Waals surface area contributed by atoms with Gasteiger partial charge in [0.15, 0.2) is 0 Å². The molecule has 3 atom stereocenters. The molecule has 1 saturated carbocycles. The lowest BCUT2D eigenvalue weighted by molar-refractivity contribution is -0.127. The average molecular weight is 470 g/mol. The predicted octanol–water partition coefficient (Wildman–Crippen LogP) is 3.67. The van der Waals surface area contributed by atoms with E-state index in [-0.39, 0.29) is 41.9 Å². The van der Waals surface area contributed by atoms with Gasteiger partial charge in [-0.25, -0.2) is 8.78 Å². The van der Waals surface area contributed by atoms with E-state index in [1.54, 1.807) is 11.0 Å². The highest BCUT2D eigenvalue weighted by Gasteiger charge is 2.33. The summed E-state index contributed by atoms with van der Waals surface area (Å²) in [6, 6.07) is 10.8. The molecule has 4 rings (SSSR count). The summed E-state index contributed by atoms with van der Waals surface area (Å²) < 4.78 is 27.2. The molecule has 1 heterocycles. The minimum Gasteiger partial charge on any atom is -0.351 e. The Labute approximate surface area is 197 Å². The van der Waals surface area contributed by atoms with Crippen molar-refractivity contribution in [3.8, 4) is 0 Å². The zero-order valence-electron chi connectivity index (χ0n) is 18.9. The van der Waals surface area contributed by atoms with Crippen molar-refractivity contribution in [2.75, 3.05) is 13.1 Å². The maximum absolute atomic E-state index is 14.1. The number of hydrogen-bond acceptors (Lipinski definition) is 3. The van der Waals surface area contributed by atoms with Crippen LogP contribution < -0.4 is 10.6 Å². The first-order valence-corrected chi connectivity index (χ1v) is 11.8. The van der Waals surface area contributed by atoms with Crippen molar-refractivity contribution in [1.82, 2.24) is 15.5 Å². The Morgan fingerprint density at radius 3 is 2.21 bits per heavy atom. The normalized spacial score (nSPS) is 22.6. The average Bonchev–Trinajstić information content (AvgIpc) is 2.85. The largest absolute Gasteiger partial charge is 0.351 e. The minimum atomic E-state index is -0.569. The Hall–Kier alpha value is -3.29. The van der Waals surface area contributed by atoms with Gasteiger partial charge in [0, 0.05) is 30.7 Å². The van der Waals surface area contributed by atoms with E-state index in [4.69, 9.17) is 0 Å². The molecule has 2 aliphatic rings. The smallest absolute Gasteiger partial charge is 0.256 e. The van der Waals surface area contributed by atoms with Crippen LogP contribution in [0.1, 0.15) is 59.2 Å². The lowest BCUT2D eigenvalue weighted by Gasteiger charge is -2.36. The van der Waals surface area contributed by atoms with Gasteiger partial charge in [-0.15, -0.1) is 0 Å². The molecule has 2 N–H and O–H groups in total. The number of nitrogens with zero attached hydrogens (tertiary/aromatic N) is 1. The summed E-state index contributed by atoms with van der Waals surface area (Å²) >= 11 is 0. The molecule has 1 aliphatic carbocycles. The molecule has 2 aromatic rings. The topological polar surface area (TPSA) is 78.5 Å². The third-order valence-electron chi connectivity index (χ3n) is 6.70. The van der Waals surface area contributed by atoms with Crippen LogP contribution in [0.15, 0.2) is 48.5 Å². The van der Waals surface area contributed by atoms with E-state index in [0.29, 0.717) is 24.9 Å². The molecule has 2 fully saturated rings. The van der Waals surface area contributed by atoms with Crippen molar-refractivity contribution in [2.24, 2.45) is 5.92 Å². The van der Waals surface area contributed by atoms with Gasteiger partial charge in [0.05, 0.1) is 11.5 Å². The second-order valence-corrected chi connectivity index (χ2v) is 9.06. The summed E-state index contributed by atoms with van der Waals surface area (Å²) in [6.07, 6.45) is 4.66. The fraction of sp³-hybridized carbons (Fsp3) is 0.423. The number of nitrogens with one attached hydrogen (secondary N) is 2. The molecule has 0 spiro atoms. The van der Waals surface area contributed by atoms with Crippen LogP contribution in [0.2, 0.25) is 0 Å². The number of halogens is 2. The third kappa shape index (κ3) is 5.61. The van der Waals surface area contributed by atoms with Crippen LogP contribution in [-0.2, 0) is 4.79 Å². The molecule has 0 bridgehead atoms. The Kier molecular flexibility index (Phi) is 7.55. The van der Waals surface area contributed by atoms with Gasteiger partial charge >= 0.3 is 0 Å². The molecule has 1 aliphatic heterocycles. The number of carbonyl (C=O) groups excluding carboxylic acids is 3. The minimum absolute atomic E-state index is 0.0133. The fourth-order valence-electron chi connectivity index (χ4n) is 4.81. The number of rotatable bonds is 5. The summed E-state index contributed by atoms with van der Waals surface area (Å²) in [6.45, 7) is 0.717. The molecule has 0 aromatic heterocycles. The molecule has 2 unspecified atom stereocenters. The van der Waals surface area contributed by atoms with Gasteiger partial charge in [-0.3, -0.25) is 14.4 Å². The lowest BCUT2D eigenvalue weighted by Crippen LogP contribution is -2.55. The molecule has 180 valence electrons. The summed E-state index contributed by atoms with van der Waals surface area (Å²) in [5.74, 6) is -2.22. The van der Waals surface area contributed by atoms with Crippen LogP contribution in [0, 0.1) is 17.6 Å². The molecule has 1 saturated heterocycles. The van der Waals surface area contributed by atoms with E-state index in [2.05, 4.69) is 10.6 Å². The highest BCUT2D eigenvalue weighted by atomic mass is 19.1. The summed E-state index contributed by atoms with van der Waals surface area (Å²) in [7, 11) is 0. The second kappa shape index (κ2) is 10.8. The number of amides is 3. The molecule has 34 heavy (non-hydrogen) atoms. The number of benzene rings is 2. The zero-order chi connectivity index (χ0) is 24.1. The van der Waals surface area contributed by atoms with Crippen LogP contribution in [0.4, 0.5) is 8.78 Å². The first-order chi connectivity index (χ1) is 16.4. The molecule has 0 radical (unpaired) electrons. The summed E-state index contributed by atoms with van der Waals surface area (Å²) in [5.41, 5.74) is 0.381. The van der Waals surface area contributed by atoms with Gasteiger partial charge < -0.3 is 15.5 Å². The van der Waals surface area contributed by atoms with Crippen molar-refractivity contribution in [2.45, 2.75) is 50.6 Å². The van der Waals surface area contributed by atoms with Crippen LogP contribution in [0.25, 0.3) is 0 Å². The van der Waals surface area contributed by atoms with Crippen molar-refractivity contribution in [1.29, 1.82) is 0 Å². The first-order valence-electron chi connectivity index (χ1n) is 11.8. The Morgan fingerprint density at radius 2 is 1.50 bits per heavy atom. The molecule has 2 aromatic carbocycles. The van der Waals surface area contributed by atoms with Gasteiger partial charge in [-0.1, -0.05) is 25.0 Å². The van der Waals surface area contributed by atoms with Crippen molar-refractivity contribution in [3.05, 3.63) is 71.3 Å². The number of likely N-dealkylation sites (tertiary alicyclic amines) is 1. The van der Waals surface area contributed by atoms with E-state index >= 15 is 0 Å². The monoisotopic (exact) mass is 469 g/mol. The van der Waals surface area contributed by atoms with Crippen molar-refractivity contribution < 1.29 is 23.2 Å². The molecule has 3 amide bonds. The van der Waals surface area contributed by atoms with E-state index in [1.165, 1.54) is 42.5 Å². The molecular formula is C26H29F2N3O3. The van der Waals surface area contributed by atoms with E-state index in [1.807, 2.05) is 0 Å². The molecule has 8 heteroatoms. The number of carbonyl (C=O) groups is 3. The van der Waals surface area contributed by atoms with Gasteiger partial charge in [0.1, 0.15) is 11.6 Å². The van der Waals surface area contributed by atoms with Crippen LogP contribution >= 0.6 is 0 Å². The van der Waals surface area contributed by atoms with Gasteiger partial charge in [0.25, 0.3) is 11.8 Å². The highest BCUT2D eigenvalue weighted by Crippen LogP contribution is 2.23. The Morgan fingerprint density at radius 1 is 0.824 bits per heavy atom. The first kappa shape index (κ1) is 23.9. The quantitative estimate of drug-likeness (QED) is 0.701. The van der Waals surface area contributed by atoms with E-state index < -0.39 is 17.5 Å². The fourth-order valence-corrected chi connectivity index (χ4v) is 4.81. The standard InChI is InChI=1S/C26H29F2N3O3/c27-19-13-11-17(12-14-19)24(32)29-22-9-3-4-10-23(22)30-25(33)18-6-5-15-31(16-18)26(34)20-7-1-2-8-21(20)28/h1-2,7-8,11-14,18,22-23H,3-6,9-10,15-16H2,(H,29,32)(H,30,33)/t18?,22-,23?/m1/s1. The predicted molar refractivity (Wildman–Crippen MR) is 123 cm³/mol. The van der Waals surface area contributed by atoms with E-state index in [9.17, 15) is 23.2 Å². The third-order valence-corrected chi connectivity index (χ3v) is 6.70.